The number of rotatable bonds is 6. The van der Waals surface area contributed by atoms with E-state index >= 15 is 0 Å². The summed E-state index contributed by atoms with van der Waals surface area (Å²) >= 11 is 0. The van der Waals surface area contributed by atoms with Gasteiger partial charge in [0.1, 0.15) is 11.5 Å². The summed E-state index contributed by atoms with van der Waals surface area (Å²) in [7, 11) is 1.59. The highest BCUT2D eigenvalue weighted by molar-refractivity contribution is 6.08. The molecule has 1 heterocycles. The molecule has 5 aromatic rings. The van der Waals surface area contributed by atoms with Gasteiger partial charge in [-0.05, 0) is 35.2 Å². The quantitative estimate of drug-likeness (QED) is 0.238. The van der Waals surface area contributed by atoms with Crippen molar-refractivity contribution in [3.63, 3.8) is 0 Å². The average Bonchev–Trinajstić information content (AvgIpc) is 2.94. The van der Waals surface area contributed by atoms with Gasteiger partial charge in [-0.3, -0.25) is 0 Å². The van der Waals surface area contributed by atoms with Crippen molar-refractivity contribution in [3.05, 3.63) is 103 Å². The van der Waals surface area contributed by atoms with Crippen LogP contribution >= 0.6 is 0 Å². The van der Waals surface area contributed by atoms with E-state index < -0.39 is 0 Å². The molecule has 2 N–H and O–H groups in total. The maximum Gasteiger partial charge on any atom is 0.323 e. The Morgan fingerprint density at radius 1 is 0.769 bits per heavy atom. The number of carbonyl (C=O) groups excluding carboxylic acids is 1. The van der Waals surface area contributed by atoms with Gasteiger partial charge in [0.15, 0.2) is 5.82 Å². The fraction of sp³-hybridized carbons (Fsp3) is 0.156. The maximum atomic E-state index is 13.1. The smallest absolute Gasteiger partial charge is 0.323 e. The molecule has 4 aromatic carbocycles. The number of ether oxygens (including phenoxy) is 2. The van der Waals surface area contributed by atoms with E-state index in [1.165, 1.54) is 0 Å². The van der Waals surface area contributed by atoms with E-state index in [2.05, 4.69) is 41.4 Å². The molecule has 0 saturated carbocycles. The van der Waals surface area contributed by atoms with Crippen LogP contribution in [0.5, 0.6) is 17.4 Å². The lowest BCUT2D eigenvalue weighted by molar-refractivity contribution is 0.262. The van der Waals surface area contributed by atoms with Crippen LogP contribution in [0.3, 0.4) is 0 Å². The van der Waals surface area contributed by atoms with E-state index in [0.29, 0.717) is 34.6 Å². The Labute approximate surface area is 227 Å². The molecule has 7 nitrogen and oxygen atoms in total. The number of nitrogens with zero attached hydrogens (tertiary/aromatic N) is 2. The number of amides is 2. The lowest BCUT2D eigenvalue weighted by Gasteiger charge is -2.21. The van der Waals surface area contributed by atoms with Gasteiger partial charge < -0.3 is 20.1 Å². The minimum absolute atomic E-state index is 0.0727. The molecular weight excluding hydrogens is 488 g/mol. The first-order valence-electron chi connectivity index (χ1n) is 12.7. The van der Waals surface area contributed by atoms with Crippen molar-refractivity contribution in [3.8, 4) is 28.8 Å². The fourth-order valence-electron chi connectivity index (χ4n) is 4.26. The standard InChI is InChI=1S/C32H30N4O3/c1-32(2,3)22-14-16-28(38-4)26(20-22)35-31(37)34-25-15-17-27(24-13-9-8-12-23(24)25)39-29-18-19-33-30(36-29)21-10-6-5-7-11-21/h5-20H,1-4H3,(H2,34,35,37). The highest BCUT2D eigenvalue weighted by atomic mass is 16.5. The summed E-state index contributed by atoms with van der Waals surface area (Å²) in [6.45, 7) is 6.37. The number of hydrogen-bond acceptors (Lipinski definition) is 5. The van der Waals surface area contributed by atoms with Crippen LogP contribution in [0.4, 0.5) is 16.2 Å². The second-order valence-electron chi connectivity index (χ2n) is 10.1. The molecule has 0 aliphatic rings. The molecule has 39 heavy (non-hydrogen) atoms. The van der Waals surface area contributed by atoms with Crippen molar-refractivity contribution in [1.29, 1.82) is 0 Å². The van der Waals surface area contributed by atoms with Crippen LogP contribution in [0.2, 0.25) is 0 Å². The van der Waals surface area contributed by atoms with Gasteiger partial charge in [0.2, 0.25) is 5.88 Å². The normalized spacial score (nSPS) is 11.2. The Hall–Kier alpha value is -4.91. The lowest BCUT2D eigenvalue weighted by Crippen LogP contribution is -2.21. The third kappa shape index (κ3) is 5.83. The summed E-state index contributed by atoms with van der Waals surface area (Å²) in [5, 5.41) is 7.58. The second kappa shape index (κ2) is 10.8. The molecule has 0 bridgehead atoms. The Bertz CT molecular complexity index is 1630. The topological polar surface area (TPSA) is 85.4 Å². The van der Waals surface area contributed by atoms with Crippen molar-refractivity contribution >= 4 is 28.2 Å². The van der Waals surface area contributed by atoms with E-state index in [-0.39, 0.29) is 11.4 Å². The van der Waals surface area contributed by atoms with Crippen molar-refractivity contribution < 1.29 is 14.3 Å². The van der Waals surface area contributed by atoms with Crippen LogP contribution < -0.4 is 20.1 Å². The minimum Gasteiger partial charge on any atom is -0.495 e. The molecule has 0 aliphatic carbocycles. The number of hydrogen-bond donors (Lipinski definition) is 2. The summed E-state index contributed by atoms with van der Waals surface area (Å²) in [4.78, 5) is 22.0. The van der Waals surface area contributed by atoms with Crippen molar-refractivity contribution in [2.24, 2.45) is 0 Å². The van der Waals surface area contributed by atoms with Crippen molar-refractivity contribution in [2.75, 3.05) is 17.7 Å². The van der Waals surface area contributed by atoms with E-state index in [9.17, 15) is 4.79 Å². The number of carbonyl (C=O) groups is 1. The molecule has 0 spiro atoms. The first-order valence-corrected chi connectivity index (χ1v) is 12.7. The lowest BCUT2D eigenvalue weighted by atomic mass is 9.87. The summed E-state index contributed by atoms with van der Waals surface area (Å²) < 4.78 is 11.7. The Morgan fingerprint density at radius 2 is 1.46 bits per heavy atom. The van der Waals surface area contributed by atoms with Crippen LogP contribution in [0.1, 0.15) is 26.3 Å². The number of methoxy groups -OCH3 is 1. The molecule has 2 amide bonds. The van der Waals surface area contributed by atoms with Crippen LogP contribution in [0.25, 0.3) is 22.2 Å². The molecule has 0 fully saturated rings. The van der Waals surface area contributed by atoms with E-state index in [4.69, 9.17) is 9.47 Å². The van der Waals surface area contributed by atoms with Crippen molar-refractivity contribution in [1.82, 2.24) is 9.97 Å². The average molecular weight is 519 g/mol. The minimum atomic E-state index is -0.374. The molecule has 0 atom stereocenters. The zero-order chi connectivity index (χ0) is 27.4. The predicted molar refractivity (Wildman–Crippen MR) is 156 cm³/mol. The Balaban J connectivity index is 1.40. The zero-order valence-corrected chi connectivity index (χ0v) is 22.4. The van der Waals surface area contributed by atoms with Crippen molar-refractivity contribution in [2.45, 2.75) is 26.2 Å². The van der Waals surface area contributed by atoms with E-state index in [1.807, 2.05) is 84.9 Å². The number of nitrogens with one attached hydrogen (secondary N) is 2. The first-order chi connectivity index (χ1) is 18.8. The number of anilines is 2. The van der Waals surface area contributed by atoms with Gasteiger partial charge in [0.05, 0.1) is 18.5 Å². The predicted octanol–water partition coefficient (Wildman–Crippen LogP) is 8.04. The number of benzene rings is 4. The second-order valence-corrected chi connectivity index (χ2v) is 10.1. The Kier molecular flexibility index (Phi) is 7.14. The SMILES string of the molecule is COc1ccc(C(C)(C)C)cc1NC(=O)Nc1ccc(Oc2ccnc(-c3ccccc3)n2)c2ccccc12. The molecule has 7 heteroatoms. The molecular formula is C32H30N4O3. The highest BCUT2D eigenvalue weighted by Crippen LogP contribution is 2.35. The third-order valence-electron chi connectivity index (χ3n) is 6.32. The maximum absolute atomic E-state index is 13.1. The largest absolute Gasteiger partial charge is 0.495 e. The van der Waals surface area contributed by atoms with Crippen LogP contribution in [0, 0.1) is 0 Å². The van der Waals surface area contributed by atoms with E-state index in [1.54, 1.807) is 19.4 Å². The molecule has 1 aromatic heterocycles. The summed E-state index contributed by atoms with van der Waals surface area (Å²) in [6.07, 6.45) is 1.68. The highest BCUT2D eigenvalue weighted by Gasteiger charge is 2.18. The molecule has 0 unspecified atom stereocenters. The summed E-state index contributed by atoms with van der Waals surface area (Å²) in [5.41, 5.74) is 3.17. The molecule has 0 aliphatic heterocycles. The molecule has 196 valence electrons. The van der Waals surface area contributed by atoms with Gasteiger partial charge in [-0.25, -0.2) is 9.78 Å². The van der Waals surface area contributed by atoms with Gasteiger partial charge >= 0.3 is 6.03 Å². The third-order valence-corrected chi connectivity index (χ3v) is 6.32. The zero-order valence-electron chi connectivity index (χ0n) is 22.4. The van der Waals surface area contributed by atoms with Crippen LogP contribution in [-0.2, 0) is 5.41 Å². The number of urea groups is 1. The van der Waals surface area contributed by atoms with Gasteiger partial charge in [-0.15, -0.1) is 0 Å². The summed E-state index contributed by atoms with van der Waals surface area (Å²) in [5.74, 6) is 2.22. The molecule has 0 radical (unpaired) electrons. The van der Waals surface area contributed by atoms with Gasteiger partial charge in [-0.2, -0.15) is 4.98 Å². The van der Waals surface area contributed by atoms with Gasteiger partial charge in [0.25, 0.3) is 0 Å². The van der Waals surface area contributed by atoms with Crippen LogP contribution in [0.15, 0.2) is 97.2 Å². The van der Waals surface area contributed by atoms with Crippen LogP contribution in [-0.4, -0.2) is 23.1 Å². The van der Waals surface area contributed by atoms with Gasteiger partial charge in [0, 0.05) is 28.6 Å². The van der Waals surface area contributed by atoms with Gasteiger partial charge in [-0.1, -0.05) is 81.4 Å². The van der Waals surface area contributed by atoms with E-state index in [0.717, 1.165) is 21.9 Å². The fourth-order valence-corrected chi connectivity index (χ4v) is 4.26. The number of aromatic nitrogens is 2. The molecule has 5 rings (SSSR count). The summed E-state index contributed by atoms with van der Waals surface area (Å²) in [6, 6.07) is 28.3. The number of fused-ring (bicyclic) bond motifs is 1. The monoisotopic (exact) mass is 518 g/mol. The molecule has 0 saturated heterocycles. The Morgan fingerprint density at radius 3 is 2.21 bits per heavy atom. The first kappa shape index (κ1) is 25.7.